The van der Waals surface area contributed by atoms with E-state index in [4.69, 9.17) is 23.7 Å². The lowest BCUT2D eigenvalue weighted by Crippen LogP contribution is -2.48. The summed E-state index contributed by atoms with van der Waals surface area (Å²) >= 11 is 0. The fourth-order valence-corrected chi connectivity index (χ4v) is 4.58. The number of aliphatic hydroxyl groups is 1. The highest BCUT2D eigenvalue weighted by atomic mass is 16.7. The molecule has 0 radical (unpaired) electrons. The summed E-state index contributed by atoms with van der Waals surface area (Å²) in [5, 5.41) is 11.2. The van der Waals surface area contributed by atoms with Gasteiger partial charge in [0.2, 0.25) is 12.5 Å². The molecule has 0 amide bonds. The van der Waals surface area contributed by atoms with E-state index in [1.54, 1.807) is 21.3 Å². The summed E-state index contributed by atoms with van der Waals surface area (Å²) in [7, 11) is 9.24. The van der Waals surface area contributed by atoms with Crippen LogP contribution in [0.5, 0.6) is 28.7 Å². The Morgan fingerprint density at radius 1 is 1.07 bits per heavy atom. The van der Waals surface area contributed by atoms with Gasteiger partial charge in [-0.05, 0) is 29.3 Å². The Labute approximate surface area is 177 Å². The second-order valence-corrected chi connectivity index (χ2v) is 8.35. The van der Waals surface area contributed by atoms with Crippen molar-refractivity contribution in [2.24, 2.45) is 0 Å². The highest BCUT2D eigenvalue weighted by molar-refractivity contribution is 5.61. The zero-order valence-corrected chi connectivity index (χ0v) is 18.2. The van der Waals surface area contributed by atoms with Gasteiger partial charge in [0.15, 0.2) is 23.0 Å². The largest absolute Gasteiger partial charge is 0.493 e. The summed E-state index contributed by atoms with van der Waals surface area (Å²) in [6.45, 7) is 1.16. The lowest BCUT2D eigenvalue weighted by atomic mass is 9.85. The lowest BCUT2D eigenvalue weighted by Gasteiger charge is -2.44. The van der Waals surface area contributed by atoms with Crippen molar-refractivity contribution < 1.29 is 33.3 Å². The number of likely N-dealkylation sites (N-methyl/N-ethyl adjacent to an activating group) is 1. The normalized spacial score (nSPS) is 19.7. The molecule has 0 aromatic heterocycles. The van der Waals surface area contributed by atoms with Gasteiger partial charge in [-0.3, -0.25) is 0 Å². The lowest BCUT2D eigenvalue weighted by molar-refractivity contribution is -0.924. The van der Waals surface area contributed by atoms with Gasteiger partial charge in [0.25, 0.3) is 0 Å². The number of ether oxygens (including phenoxy) is 5. The summed E-state index contributed by atoms with van der Waals surface area (Å²) < 4.78 is 28.6. The molecule has 4 rings (SSSR count). The molecule has 2 aliphatic rings. The van der Waals surface area contributed by atoms with Gasteiger partial charge >= 0.3 is 0 Å². The number of methoxy groups -OCH3 is 3. The number of benzene rings is 2. The van der Waals surface area contributed by atoms with Crippen LogP contribution in [0.4, 0.5) is 0 Å². The fraction of sp³-hybridized carbons (Fsp3) is 0.478. The molecule has 2 heterocycles. The molecule has 0 aliphatic carbocycles. The van der Waals surface area contributed by atoms with Gasteiger partial charge in [-0.2, -0.15) is 0 Å². The van der Waals surface area contributed by atoms with Crippen molar-refractivity contribution in [3.8, 4) is 28.7 Å². The zero-order chi connectivity index (χ0) is 21.5. The van der Waals surface area contributed by atoms with Crippen LogP contribution < -0.4 is 23.7 Å². The van der Waals surface area contributed by atoms with E-state index in [2.05, 4.69) is 20.2 Å². The van der Waals surface area contributed by atoms with E-state index in [9.17, 15) is 5.11 Å². The molecule has 162 valence electrons. The molecule has 2 aromatic rings. The Morgan fingerprint density at radius 2 is 1.83 bits per heavy atom. The fourth-order valence-electron chi connectivity index (χ4n) is 4.58. The molecule has 7 heteroatoms. The Bertz CT molecular complexity index is 942. The molecule has 1 N–H and O–H groups in total. The zero-order valence-electron chi connectivity index (χ0n) is 18.2. The van der Waals surface area contributed by atoms with Gasteiger partial charge in [-0.25, -0.2) is 0 Å². The van der Waals surface area contributed by atoms with Crippen LogP contribution in [0, 0.1) is 0 Å². The summed E-state index contributed by atoms with van der Waals surface area (Å²) in [5.74, 6) is 3.35. The molecular formula is C23H30NO6+. The minimum Gasteiger partial charge on any atom is -0.493 e. The molecule has 0 spiro atoms. The average Bonchev–Trinajstić information content (AvgIpc) is 3.21. The summed E-state index contributed by atoms with van der Waals surface area (Å²) in [5.41, 5.74) is 3.08. The highest BCUT2D eigenvalue weighted by Crippen LogP contribution is 2.52. The number of hydrogen-bond donors (Lipinski definition) is 1. The Kier molecular flexibility index (Phi) is 5.42. The third-order valence-electron chi connectivity index (χ3n) is 6.32. The first kappa shape index (κ1) is 20.6. The first-order valence-electron chi connectivity index (χ1n) is 10.1. The van der Waals surface area contributed by atoms with Crippen molar-refractivity contribution in [3.05, 3.63) is 41.0 Å². The molecule has 0 fully saturated rings. The maximum absolute atomic E-state index is 11.2. The molecule has 2 aliphatic heterocycles. The van der Waals surface area contributed by atoms with Gasteiger partial charge in [-0.15, -0.1) is 0 Å². The maximum atomic E-state index is 11.2. The summed E-state index contributed by atoms with van der Waals surface area (Å²) in [6, 6.07) is 7.64. The average molecular weight is 416 g/mol. The van der Waals surface area contributed by atoms with Gasteiger partial charge in [0.05, 0.1) is 53.6 Å². The van der Waals surface area contributed by atoms with E-state index in [-0.39, 0.29) is 12.8 Å². The molecule has 0 saturated carbocycles. The van der Waals surface area contributed by atoms with Gasteiger partial charge in [0.1, 0.15) is 6.04 Å². The number of quaternary nitrogens is 1. The summed E-state index contributed by atoms with van der Waals surface area (Å²) in [6.07, 6.45) is 0.775. The van der Waals surface area contributed by atoms with Crippen molar-refractivity contribution >= 4 is 0 Å². The predicted molar refractivity (Wildman–Crippen MR) is 112 cm³/mol. The topological polar surface area (TPSA) is 66.4 Å². The quantitative estimate of drug-likeness (QED) is 0.730. The standard InChI is InChI=1S/C23H30NO6/c1-24(2)9-8-15-11-20-22(30-13-29-20)23(28-5)21(15)16(24)12-17(25)14-6-7-18(26-3)19(10-14)27-4/h6-7,10-11,16-17,25H,8-9,12-13H2,1-5H3/q+1/t16-,17-/m1/s1. The van der Waals surface area contributed by atoms with Crippen molar-refractivity contribution in [2.45, 2.75) is 25.0 Å². The second-order valence-electron chi connectivity index (χ2n) is 8.35. The van der Waals surface area contributed by atoms with E-state index in [0.717, 1.165) is 40.1 Å². The molecule has 7 nitrogen and oxygen atoms in total. The van der Waals surface area contributed by atoms with Crippen LogP contribution in [0.2, 0.25) is 0 Å². The number of fused-ring (bicyclic) bond motifs is 2. The van der Waals surface area contributed by atoms with E-state index < -0.39 is 6.10 Å². The number of rotatable bonds is 6. The van der Waals surface area contributed by atoms with Crippen molar-refractivity contribution in [1.29, 1.82) is 0 Å². The number of hydrogen-bond acceptors (Lipinski definition) is 6. The Morgan fingerprint density at radius 3 is 2.53 bits per heavy atom. The molecule has 30 heavy (non-hydrogen) atoms. The first-order valence-corrected chi connectivity index (χ1v) is 10.1. The maximum Gasteiger partial charge on any atom is 0.231 e. The third-order valence-corrected chi connectivity index (χ3v) is 6.32. The molecule has 0 bridgehead atoms. The molecule has 0 unspecified atom stereocenters. The number of nitrogens with zero attached hydrogens (tertiary/aromatic N) is 1. The Hall–Kier alpha value is -2.64. The molecule has 0 saturated heterocycles. The van der Waals surface area contributed by atoms with E-state index in [0.29, 0.717) is 23.7 Å². The van der Waals surface area contributed by atoms with Crippen molar-refractivity contribution in [1.82, 2.24) is 0 Å². The van der Waals surface area contributed by atoms with E-state index in [1.165, 1.54) is 5.56 Å². The predicted octanol–water partition coefficient (Wildman–Crippen LogP) is 3.24. The van der Waals surface area contributed by atoms with Crippen LogP contribution in [0.15, 0.2) is 24.3 Å². The second kappa shape index (κ2) is 7.89. The number of aliphatic hydroxyl groups excluding tert-OH is 1. The molecule has 2 aromatic carbocycles. The van der Waals surface area contributed by atoms with Gasteiger partial charge in [0, 0.05) is 12.8 Å². The van der Waals surface area contributed by atoms with Crippen LogP contribution in [0.25, 0.3) is 0 Å². The van der Waals surface area contributed by atoms with Crippen molar-refractivity contribution in [3.63, 3.8) is 0 Å². The van der Waals surface area contributed by atoms with Crippen LogP contribution in [-0.4, -0.2) is 58.4 Å². The highest BCUT2D eigenvalue weighted by Gasteiger charge is 2.42. The van der Waals surface area contributed by atoms with Crippen LogP contribution in [-0.2, 0) is 6.42 Å². The smallest absolute Gasteiger partial charge is 0.231 e. The van der Waals surface area contributed by atoms with Crippen LogP contribution in [0.1, 0.15) is 35.3 Å². The monoisotopic (exact) mass is 416 g/mol. The van der Waals surface area contributed by atoms with Gasteiger partial charge in [-0.1, -0.05) is 6.07 Å². The van der Waals surface area contributed by atoms with Crippen LogP contribution >= 0.6 is 0 Å². The van der Waals surface area contributed by atoms with Gasteiger partial charge < -0.3 is 33.3 Å². The third kappa shape index (κ3) is 3.42. The SMILES string of the molecule is COc1ccc([C@H](O)C[C@@H]2c3c(cc4c(c3OC)OCO4)CC[N+]2(C)C)cc1OC. The minimum absolute atomic E-state index is 0.0290. The molecule has 2 atom stereocenters. The van der Waals surface area contributed by atoms with Crippen LogP contribution in [0.3, 0.4) is 0 Å². The minimum atomic E-state index is -0.673. The summed E-state index contributed by atoms with van der Waals surface area (Å²) in [4.78, 5) is 0. The van der Waals surface area contributed by atoms with Crippen molar-refractivity contribution in [2.75, 3.05) is 48.8 Å². The molecular weight excluding hydrogens is 386 g/mol. The first-order chi connectivity index (χ1) is 14.4. The van der Waals surface area contributed by atoms with E-state index >= 15 is 0 Å². The van der Waals surface area contributed by atoms with E-state index in [1.807, 2.05) is 18.2 Å². The Balaban J connectivity index is 1.72.